The minimum absolute atomic E-state index is 0.0688. The summed E-state index contributed by atoms with van der Waals surface area (Å²) in [7, 11) is 1.67. The first kappa shape index (κ1) is 13.8. The molecule has 1 rings (SSSR count). The summed E-state index contributed by atoms with van der Waals surface area (Å²) < 4.78 is 26.9. The number of nitrogens with one attached hydrogen (secondary N) is 1. The molecule has 0 radical (unpaired) electrons. The molecule has 0 fully saturated rings. The van der Waals surface area contributed by atoms with E-state index in [9.17, 15) is 19.0 Å². The van der Waals surface area contributed by atoms with Gasteiger partial charge in [-0.05, 0) is 32.1 Å². The van der Waals surface area contributed by atoms with Gasteiger partial charge in [-0.25, -0.2) is 8.78 Å². The minimum atomic E-state index is -1.61. The van der Waals surface area contributed by atoms with Crippen LogP contribution < -0.4 is 11.1 Å². The molecular weight excluding hydrogens is 230 g/mol. The van der Waals surface area contributed by atoms with Crippen LogP contribution >= 0.6 is 0 Å². The molecule has 2 atom stereocenters. The fourth-order valence-corrected chi connectivity index (χ4v) is 1.53. The fraction of sp³-hybridized carbons (Fsp3) is 0.455. The van der Waals surface area contributed by atoms with Gasteiger partial charge in [-0.2, -0.15) is 0 Å². The van der Waals surface area contributed by atoms with Crippen molar-refractivity contribution >= 4 is 5.69 Å². The monoisotopic (exact) mass is 246 g/mol. The van der Waals surface area contributed by atoms with Crippen LogP contribution in [0.2, 0.25) is 0 Å². The van der Waals surface area contributed by atoms with Gasteiger partial charge in [0.1, 0.15) is 17.7 Å². The molecule has 0 heterocycles. The maximum atomic E-state index is 13.4. The van der Waals surface area contributed by atoms with Gasteiger partial charge in [0.2, 0.25) is 0 Å². The van der Waals surface area contributed by atoms with Crippen LogP contribution in [0.25, 0.3) is 0 Å². The Hall–Kier alpha value is -1.24. The number of hydrogen-bond acceptors (Lipinski definition) is 4. The molecule has 0 aliphatic rings. The van der Waals surface area contributed by atoms with Crippen LogP contribution in [0.5, 0.6) is 0 Å². The van der Waals surface area contributed by atoms with E-state index in [2.05, 4.69) is 5.32 Å². The lowest BCUT2D eigenvalue weighted by molar-refractivity contribution is 0.00984. The summed E-state index contributed by atoms with van der Waals surface area (Å²) in [5.74, 6) is -1.92. The lowest BCUT2D eigenvalue weighted by atomic mass is 10.0. The number of nitrogen functional groups attached to an aromatic ring is 1. The van der Waals surface area contributed by atoms with Crippen molar-refractivity contribution in [2.24, 2.45) is 0 Å². The normalized spacial score (nSPS) is 14.6. The first-order chi connectivity index (χ1) is 7.97. The molecule has 1 aromatic rings. The van der Waals surface area contributed by atoms with Crippen LogP contribution in [-0.4, -0.2) is 29.9 Å². The first-order valence-corrected chi connectivity index (χ1v) is 5.22. The van der Waals surface area contributed by atoms with Gasteiger partial charge >= 0.3 is 0 Å². The molecule has 0 saturated heterocycles. The molecule has 0 aliphatic carbocycles. The number of halogens is 2. The first-order valence-electron chi connectivity index (χ1n) is 5.22. The Morgan fingerprint density at radius 3 is 2.29 bits per heavy atom. The van der Waals surface area contributed by atoms with E-state index < -0.39 is 29.4 Å². The Kier molecular flexibility index (Phi) is 4.80. The van der Waals surface area contributed by atoms with Crippen molar-refractivity contribution in [3.63, 3.8) is 0 Å². The maximum Gasteiger partial charge on any atom is 0.134 e. The predicted molar refractivity (Wildman–Crippen MR) is 60.3 cm³/mol. The Morgan fingerprint density at radius 1 is 1.29 bits per heavy atom. The second-order valence-electron chi connectivity index (χ2n) is 3.80. The standard InChI is InChI=1S/C11H16F2N2O2/c1-15-3-2-9(16)11(17)10-7(12)4-6(14)5-8(10)13/h4-5,9,11,15-17H,2-3,14H2,1H3. The predicted octanol–water partition coefficient (Wildman–Crippen LogP) is 0.551. The number of benzene rings is 1. The van der Waals surface area contributed by atoms with E-state index in [0.29, 0.717) is 6.54 Å². The van der Waals surface area contributed by atoms with E-state index in [4.69, 9.17) is 5.73 Å². The van der Waals surface area contributed by atoms with Crippen molar-refractivity contribution in [2.45, 2.75) is 18.6 Å². The van der Waals surface area contributed by atoms with Crippen molar-refractivity contribution in [1.82, 2.24) is 5.32 Å². The quantitative estimate of drug-likeness (QED) is 0.572. The lowest BCUT2D eigenvalue weighted by Crippen LogP contribution is -2.24. The van der Waals surface area contributed by atoms with Gasteiger partial charge < -0.3 is 21.3 Å². The van der Waals surface area contributed by atoms with E-state index in [1.165, 1.54) is 0 Å². The molecule has 0 aromatic heterocycles. The topological polar surface area (TPSA) is 78.5 Å². The SMILES string of the molecule is CNCCC(O)C(O)c1c(F)cc(N)cc1F. The summed E-state index contributed by atoms with van der Waals surface area (Å²) in [6.07, 6.45) is -2.67. The Morgan fingerprint density at radius 2 is 1.82 bits per heavy atom. The highest BCUT2D eigenvalue weighted by Gasteiger charge is 2.25. The largest absolute Gasteiger partial charge is 0.399 e. The summed E-state index contributed by atoms with van der Waals surface area (Å²) in [6, 6.07) is 1.82. The summed E-state index contributed by atoms with van der Waals surface area (Å²) in [5.41, 5.74) is 4.63. The molecule has 2 unspecified atom stereocenters. The van der Waals surface area contributed by atoms with Crippen LogP contribution in [0.15, 0.2) is 12.1 Å². The van der Waals surface area contributed by atoms with E-state index in [0.717, 1.165) is 12.1 Å². The Labute approximate surface area is 98.1 Å². The minimum Gasteiger partial charge on any atom is -0.399 e. The fourth-order valence-electron chi connectivity index (χ4n) is 1.53. The van der Waals surface area contributed by atoms with Gasteiger partial charge in [0.15, 0.2) is 0 Å². The zero-order chi connectivity index (χ0) is 13.0. The molecule has 4 nitrogen and oxygen atoms in total. The van der Waals surface area contributed by atoms with E-state index in [1.54, 1.807) is 7.05 Å². The lowest BCUT2D eigenvalue weighted by Gasteiger charge is -2.19. The van der Waals surface area contributed by atoms with Gasteiger partial charge in [-0.1, -0.05) is 0 Å². The van der Waals surface area contributed by atoms with Crippen molar-refractivity contribution in [1.29, 1.82) is 0 Å². The Balaban J connectivity index is 2.91. The van der Waals surface area contributed by atoms with Crippen molar-refractivity contribution in [3.05, 3.63) is 29.3 Å². The van der Waals surface area contributed by atoms with E-state index >= 15 is 0 Å². The molecule has 5 N–H and O–H groups in total. The van der Waals surface area contributed by atoms with Gasteiger partial charge in [-0.15, -0.1) is 0 Å². The molecule has 0 saturated carbocycles. The molecule has 96 valence electrons. The number of aliphatic hydroxyl groups excluding tert-OH is 2. The van der Waals surface area contributed by atoms with Crippen LogP contribution in [0.1, 0.15) is 18.1 Å². The van der Waals surface area contributed by atoms with Crippen LogP contribution in [-0.2, 0) is 0 Å². The second kappa shape index (κ2) is 5.90. The summed E-state index contributed by atoms with van der Waals surface area (Å²) >= 11 is 0. The summed E-state index contributed by atoms with van der Waals surface area (Å²) in [6.45, 7) is 0.427. The highest BCUT2D eigenvalue weighted by atomic mass is 19.1. The third kappa shape index (κ3) is 3.36. The molecule has 1 aromatic carbocycles. The van der Waals surface area contributed by atoms with Crippen molar-refractivity contribution in [3.8, 4) is 0 Å². The number of hydrogen-bond donors (Lipinski definition) is 4. The molecule has 0 aliphatic heterocycles. The average Bonchev–Trinajstić information content (AvgIpc) is 2.24. The maximum absolute atomic E-state index is 13.4. The van der Waals surface area contributed by atoms with Crippen LogP contribution in [0, 0.1) is 11.6 Å². The van der Waals surface area contributed by atoms with Gasteiger partial charge in [0.25, 0.3) is 0 Å². The van der Waals surface area contributed by atoms with Gasteiger partial charge in [0.05, 0.1) is 11.7 Å². The van der Waals surface area contributed by atoms with Gasteiger partial charge in [-0.3, -0.25) is 0 Å². The van der Waals surface area contributed by atoms with E-state index in [-0.39, 0.29) is 12.1 Å². The van der Waals surface area contributed by atoms with Crippen molar-refractivity contribution < 1.29 is 19.0 Å². The molecular formula is C11H16F2N2O2. The molecule has 6 heteroatoms. The highest BCUT2D eigenvalue weighted by Crippen LogP contribution is 2.26. The molecule has 0 bridgehead atoms. The van der Waals surface area contributed by atoms with E-state index in [1.807, 2.05) is 0 Å². The zero-order valence-electron chi connectivity index (χ0n) is 9.45. The molecule has 0 spiro atoms. The summed E-state index contributed by atoms with van der Waals surface area (Å²) in [4.78, 5) is 0. The number of rotatable bonds is 5. The Bertz CT molecular complexity index is 365. The van der Waals surface area contributed by atoms with Crippen LogP contribution in [0.3, 0.4) is 0 Å². The van der Waals surface area contributed by atoms with Gasteiger partial charge in [0, 0.05) is 5.69 Å². The summed E-state index contributed by atoms with van der Waals surface area (Å²) in [5, 5.41) is 22.0. The zero-order valence-corrected chi connectivity index (χ0v) is 9.45. The number of aliphatic hydroxyl groups is 2. The average molecular weight is 246 g/mol. The van der Waals surface area contributed by atoms with Crippen molar-refractivity contribution in [2.75, 3.05) is 19.3 Å². The third-order valence-corrected chi connectivity index (χ3v) is 2.45. The third-order valence-electron chi connectivity index (χ3n) is 2.45. The number of nitrogens with two attached hydrogens (primary N) is 1. The molecule has 0 amide bonds. The molecule has 17 heavy (non-hydrogen) atoms. The second-order valence-corrected chi connectivity index (χ2v) is 3.80. The van der Waals surface area contributed by atoms with Crippen LogP contribution in [0.4, 0.5) is 14.5 Å². The smallest absolute Gasteiger partial charge is 0.134 e. The highest BCUT2D eigenvalue weighted by molar-refractivity contribution is 5.42. The number of anilines is 1.